The van der Waals surface area contributed by atoms with E-state index < -0.39 is 0 Å². The van der Waals surface area contributed by atoms with Gasteiger partial charge in [0.2, 0.25) is 5.28 Å². The van der Waals surface area contributed by atoms with Crippen LogP contribution in [0.1, 0.15) is 0 Å². The fourth-order valence-corrected chi connectivity index (χ4v) is 2.08. The first kappa shape index (κ1) is 13.1. The molecular formula is C12H10Cl2N4O2. The highest BCUT2D eigenvalue weighted by Crippen LogP contribution is 2.35. The van der Waals surface area contributed by atoms with Crippen molar-refractivity contribution in [2.24, 2.45) is 0 Å². The third kappa shape index (κ3) is 2.52. The van der Waals surface area contributed by atoms with Crippen LogP contribution in [0, 0.1) is 0 Å². The summed E-state index contributed by atoms with van der Waals surface area (Å²) in [5, 5.41) is 3.25. The van der Waals surface area contributed by atoms with E-state index in [0.717, 1.165) is 5.69 Å². The molecule has 2 aromatic rings. The summed E-state index contributed by atoms with van der Waals surface area (Å²) in [5.74, 6) is 1.81. The predicted octanol–water partition coefficient (Wildman–Crippen LogP) is 2.88. The molecule has 6 nitrogen and oxygen atoms in total. The van der Waals surface area contributed by atoms with Crippen molar-refractivity contribution >= 4 is 40.5 Å². The topological polar surface area (TPSA) is 82.3 Å². The fraction of sp³-hybridized carbons (Fsp3) is 0.167. The molecule has 3 N–H and O–H groups in total. The minimum absolute atomic E-state index is 0.0203. The number of aromatic nitrogens is 2. The van der Waals surface area contributed by atoms with Crippen molar-refractivity contribution in [3.05, 3.63) is 28.5 Å². The lowest BCUT2D eigenvalue weighted by Crippen LogP contribution is -2.15. The Bertz CT molecular complexity index is 666. The zero-order valence-electron chi connectivity index (χ0n) is 10.2. The molecule has 0 saturated heterocycles. The smallest absolute Gasteiger partial charge is 0.226 e. The molecule has 104 valence electrons. The number of nitrogens with zero attached hydrogens (tertiary/aromatic N) is 2. The Labute approximate surface area is 124 Å². The van der Waals surface area contributed by atoms with Crippen molar-refractivity contribution < 1.29 is 9.47 Å². The lowest BCUT2D eigenvalue weighted by Gasteiger charge is -2.19. The third-order valence-electron chi connectivity index (χ3n) is 2.65. The minimum atomic E-state index is 0.0203. The van der Waals surface area contributed by atoms with E-state index in [-0.39, 0.29) is 16.1 Å². The first-order valence-corrected chi connectivity index (χ1v) is 6.54. The van der Waals surface area contributed by atoms with Crippen molar-refractivity contribution in [1.82, 2.24) is 9.97 Å². The molecule has 0 aliphatic carbocycles. The predicted molar refractivity (Wildman–Crippen MR) is 77.2 cm³/mol. The molecule has 1 aromatic carbocycles. The summed E-state index contributed by atoms with van der Waals surface area (Å²) in [6, 6.07) is 5.41. The Kier molecular flexibility index (Phi) is 3.42. The Hall–Kier alpha value is -1.92. The maximum atomic E-state index is 6.03. The van der Waals surface area contributed by atoms with E-state index in [1.165, 1.54) is 0 Å². The van der Waals surface area contributed by atoms with Gasteiger partial charge in [-0.3, -0.25) is 0 Å². The first-order valence-electron chi connectivity index (χ1n) is 5.78. The van der Waals surface area contributed by atoms with Crippen LogP contribution in [0.15, 0.2) is 18.2 Å². The second kappa shape index (κ2) is 5.22. The van der Waals surface area contributed by atoms with Gasteiger partial charge in [0.15, 0.2) is 17.3 Å². The molecule has 0 fully saturated rings. The van der Waals surface area contributed by atoms with Crippen molar-refractivity contribution in [3.8, 4) is 11.5 Å². The molecule has 20 heavy (non-hydrogen) atoms. The Morgan fingerprint density at radius 2 is 1.85 bits per heavy atom. The van der Waals surface area contributed by atoms with Crippen molar-refractivity contribution in [1.29, 1.82) is 0 Å². The molecule has 1 aromatic heterocycles. The van der Waals surface area contributed by atoms with Crippen LogP contribution in [0.25, 0.3) is 0 Å². The van der Waals surface area contributed by atoms with Gasteiger partial charge in [-0.2, -0.15) is 9.97 Å². The standard InChI is InChI=1S/C12H10Cl2N4O2/c13-9-10(15)17-12(14)18-11(9)16-6-1-2-7-8(5-6)20-4-3-19-7/h1-2,5H,3-4H2,(H3,15,16,17,18). The molecule has 1 aliphatic rings. The number of hydrogen-bond donors (Lipinski definition) is 2. The van der Waals surface area contributed by atoms with Crippen LogP contribution in [0.3, 0.4) is 0 Å². The van der Waals surface area contributed by atoms with Crippen LogP contribution >= 0.6 is 23.2 Å². The molecule has 0 atom stereocenters. The summed E-state index contributed by atoms with van der Waals surface area (Å²) in [5.41, 5.74) is 6.36. The monoisotopic (exact) mass is 312 g/mol. The molecule has 2 heterocycles. The van der Waals surface area contributed by atoms with Gasteiger partial charge in [0, 0.05) is 11.8 Å². The quantitative estimate of drug-likeness (QED) is 0.830. The number of halogens is 2. The van der Waals surface area contributed by atoms with Crippen LogP contribution in [0.4, 0.5) is 17.3 Å². The number of ether oxygens (including phenoxy) is 2. The Balaban J connectivity index is 1.91. The van der Waals surface area contributed by atoms with Crippen LogP contribution in [-0.4, -0.2) is 23.2 Å². The van der Waals surface area contributed by atoms with Gasteiger partial charge in [-0.25, -0.2) is 0 Å². The van der Waals surface area contributed by atoms with E-state index in [9.17, 15) is 0 Å². The zero-order chi connectivity index (χ0) is 14.1. The summed E-state index contributed by atoms with van der Waals surface area (Å²) in [7, 11) is 0. The van der Waals surface area contributed by atoms with Gasteiger partial charge in [0.05, 0.1) is 0 Å². The van der Waals surface area contributed by atoms with Crippen LogP contribution in [0.2, 0.25) is 10.3 Å². The Morgan fingerprint density at radius 1 is 1.10 bits per heavy atom. The number of nitrogens with one attached hydrogen (secondary N) is 1. The summed E-state index contributed by atoms with van der Waals surface area (Å²) < 4.78 is 10.9. The molecule has 0 bridgehead atoms. The number of rotatable bonds is 2. The molecule has 8 heteroatoms. The lowest BCUT2D eigenvalue weighted by atomic mass is 10.2. The molecule has 0 radical (unpaired) electrons. The second-order valence-corrected chi connectivity index (χ2v) is 4.74. The first-order chi connectivity index (χ1) is 9.63. The average Bonchev–Trinajstić information content (AvgIpc) is 2.44. The fourth-order valence-electron chi connectivity index (χ4n) is 1.78. The van der Waals surface area contributed by atoms with Crippen molar-refractivity contribution in [2.45, 2.75) is 0 Å². The normalized spacial score (nSPS) is 13.1. The number of nitrogen functional groups attached to an aromatic ring is 1. The van der Waals surface area contributed by atoms with E-state index in [4.69, 9.17) is 38.4 Å². The molecule has 0 amide bonds. The third-order valence-corrected chi connectivity index (χ3v) is 3.20. The van der Waals surface area contributed by atoms with Crippen molar-refractivity contribution in [3.63, 3.8) is 0 Å². The van der Waals surface area contributed by atoms with Crippen LogP contribution in [-0.2, 0) is 0 Å². The minimum Gasteiger partial charge on any atom is -0.486 e. The van der Waals surface area contributed by atoms with E-state index in [2.05, 4.69) is 15.3 Å². The van der Waals surface area contributed by atoms with Gasteiger partial charge < -0.3 is 20.5 Å². The number of anilines is 3. The number of nitrogens with two attached hydrogens (primary N) is 1. The second-order valence-electron chi connectivity index (χ2n) is 4.02. The Morgan fingerprint density at radius 3 is 2.65 bits per heavy atom. The van der Waals surface area contributed by atoms with Gasteiger partial charge in [-0.1, -0.05) is 11.6 Å². The maximum Gasteiger partial charge on any atom is 0.226 e. The highest BCUT2D eigenvalue weighted by Gasteiger charge is 2.14. The molecule has 3 rings (SSSR count). The molecule has 1 aliphatic heterocycles. The largest absolute Gasteiger partial charge is 0.486 e. The molecule has 0 saturated carbocycles. The van der Waals surface area contributed by atoms with E-state index >= 15 is 0 Å². The van der Waals surface area contributed by atoms with E-state index in [0.29, 0.717) is 30.5 Å². The number of hydrogen-bond acceptors (Lipinski definition) is 6. The summed E-state index contributed by atoms with van der Waals surface area (Å²) >= 11 is 11.8. The van der Waals surface area contributed by atoms with E-state index in [1.54, 1.807) is 12.1 Å². The highest BCUT2D eigenvalue weighted by molar-refractivity contribution is 6.36. The number of benzene rings is 1. The van der Waals surface area contributed by atoms with Gasteiger partial charge in [0.25, 0.3) is 0 Å². The number of fused-ring (bicyclic) bond motifs is 1. The van der Waals surface area contributed by atoms with E-state index in [1.807, 2.05) is 6.07 Å². The average molecular weight is 313 g/mol. The van der Waals surface area contributed by atoms with Gasteiger partial charge >= 0.3 is 0 Å². The van der Waals surface area contributed by atoms with Gasteiger partial charge in [-0.05, 0) is 23.7 Å². The summed E-state index contributed by atoms with van der Waals surface area (Å²) in [6.07, 6.45) is 0. The molecular weight excluding hydrogens is 303 g/mol. The molecule has 0 spiro atoms. The van der Waals surface area contributed by atoms with Crippen LogP contribution in [0.5, 0.6) is 11.5 Å². The van der Waals surface area contributed by atoms with Gasteiger partial charge in [0.1, 0.15) is 24.1 Å². The maximum absolute atomic E-state index is 6.03. The summed E-state index contributed by atoms with van der Waals surface area (Å²) in [6.45, 7) is 1.06. The zero-order valence-corrected chi connectivity index (χ0v) is 11.7. The summed E-state index contributed by atoms with van der Waals surface area (Å²) in [4.78, 5) is 7.76. The van der Waals surface area contributed by atoms with Crippen LogP contribution < -0.4 is 20.5 Å². The lowest BCUT2D eigenvalue weighted by molar-refractivity contribution is 0.171. The highest BCUT2D eigenvalue weighted by atomic mass is 35.5. The SMILES string of the molecule is Nc1nc(Cl)nc(Nc2ccc3c(c2)OCCO3)c1Cl. The van der Waals surface area contributed by atoms with Crippen molar-refractivity contribution in [2.75, 3.05) is 24.3 Å². The molecule has 0 unspecified atom stereocenters. The van der Waals surface area contributed by atoms with Gasteiger partial charge in [-0.15, -0.1) is 0 Å².